The Labute approximate surface area is 122 Å². The van der Waals surface area contributed by atoms with Crippen molar-refractivity contribution in [2.75, 3.05) is 0 Å². The lowest BCUT2D eigenvalue weighted by atomic mass is 10.1. The van der Waals surface area contributed by atoms with Crippen LogP contribution in [0.5, 0.6) is 0 Å². The molecular weight excluding hydrogens is 332 g/mol. The fourth-order valence-electron chi connectivity index (χ4n) is 1.87. The summed E-state index contributed by atoms with van der Waals surface area (Å²) in [6.07, 6.45) is 0. The van der Waals surface area contributed by atoms with Crippen LogP contribution in [0.25, 0.3) is 21.5 Å². The van der Waals surface area contributed by atoms with Gasteiger partial charge in [0, 0.05) is 20.3 Å². The third-order valence-electron chi connectivity index (χ3n) is 2.62. The first-order valence-electron chi connectivity index (χ1n) is 5.34. The molecule has 90 valence electrons. The van der Waals surface area contributed by atoms with Crippen LogP contribution < -0.4 is 0 Å². The molecule has 0 saturated heterocycles. The minimum atomic E-state index is 0.287. The quantitative estimate of drug-likeness (QED) is 0.578. The molecule has 3 aromatic rings. The van der Waals surface area contributed by atoms with Crippen molar-refractivity contribution in [3.8, 4) is 11.3 Å². The van der Waals surface area contributed by atoms with Gasteiger partial charge in [0.05, 0.1) is 5.69 Å². The minimum absolute atomic E-state index is 0.287. The van der Waals surface area contributed by atoms with Crippen molar-refractivity contribution in [3.63, 3.8) is 0 Å². The summed E-state index contributed by atoms with van der Waals surface area (Å²) in [6.45, 7) is 2.06. The fourth-order valence-corrected chi connectivity index (χ4v) is 3.45. The van der Waals surface area contributed by atoms with E-state index >= 15 is 0 Å². The molecule has 0 atom stereocenters. The van der Waals surface area contributed by atoms with Crippen molar-refractivity contribution in [2.24, 2.45) is 0 Å². The van der Waals surface area contributed by atoms with E-state index in [2.05, 4.69) is 38.9 Å². The Morgan fingerprint density at radius 2 is 2.00 bits per heavy atom. The number of aromatic nitrogens is 2. The van der Waals surface area contributed by atoms with E-state index in [0.717, 1.165) is 25.9 Å². The number of halogens is 2. The molecule has 2 nitrogen and oxygen atoms in total. The predicted molar refractivity (Wildman–Crippen MR) is 80.3 cm³/mol. The smallest absolute Gasteiger partial charge is 0.217 e. The number of thiophene rings is 1. The molecular formula is C13H8BrClN2S. The third-order valence-corrected chi connectivity index (χ3v) is 4.42. The van der Waals surface area contributed by atoms with Crippen LogP contribution >= 0.6 is 38.9 Å². The summed E-state index contributed by atoms with van der Waals surface area (Å²) in [7, 11) is 0. The van der Waals surface area contributed by atoms with Gasteiger partial charge in [-0.15, -0.1) is 11.3 Å². The minimum Gasteiger partial charge on any atom is -0.217 e. The highest BCUT2D eigenvalue weighted by atomic mass is 79.9. The van der Waals surface area contributed by atoms with Crippen molar-refractivity contribution >= 4 is 49.1 Å². The topological polar surface area (TPSA) is 25.8 Å². The van der Waals surface area contributed by atoms with Crippen LogP contribution in [0, 0.1) is 6.92 Å². The first kappa shape index (κ1) is 12.1. The number of hydrogen-bond donors (Lipinski definition) is 0. The van der Waals surface area contributed by atoms with Gasteiger partial charge in [0.2, 0.25) is 5.28 Å². The molecule has 0 amide bonds. The van der Waals surface area contributed by atoms with Crippen molar-refractivity contribution in [1.29, 1.82) is 0 Å². The van der Waals surface area contributed by atoms with Crippen molar-refractivity contribution < 1.29 is 0 Å². The maximum absolute atomic E-state index is 6.00. The normalized spacial score (nSPS) is 11.1. The first-order chi connectivity index (χ1) is 8.65. The van der Waals surface area contributed by atoms with Crippen LogP contribution in [-0.2, 0) is 0 Å². The van der Waals surface area contributed by atoms with E-state index in [1.807, 2.05) is 24.3 Å². The molecule has 0 aliphatic carbocycles. The maximum atomic E-state index is 6.00. The highest BCUT2D eigenvalue weighted by molar-refractivity contribution is 9.10. The van der Waals surface area contributed by atoms with Gasteiger partial charge in [-0.25, -0.2) is 9.97 Å². The van der Waals surface area contributed by atoms with Gasteiger partial charge in [0.15, 0.2) is 0 Å². The molecule has 0 bridgehead atoms. The van der Waals surface area contributed by atoms with E-state index in [0.29, 0.717) is 0 Å². The summed E-state index contributed by atoms with van der Waals surface area (Å²) in [5.74, 6) is 0. The average Bonchev–Trinajstić information content (AvgIpc) is 2.69. The average molecular weight is 340 g/mol. The second kappa shape index (κ2) is 4.61. The lowest BCUT2D eigenvalue weighted by molar-refractivity contribution is 1.23. The fraction of sp³-hybridized carbons (Fsp3) is 0.0769. The molecule has 1 aromatic carbocycles. The Balaban J connectivity index is 2.38. The van der Waals surface area contributed by atoms with Gasteiger partial charge in [-0.3, -0.25) is 0 Å². The summed E-state index contributed by atoms with van der Waals surface area (Å²) >= 11 is 11.2. The number of hydrogen-bond acceptors (Lipinski definition) is 3. The van der Waals surface area contributed by atoms with E-state index in [9.17, 15) is 0 Å². The predicted octanol–water partition coefficient (Wildman–Crippen LogP) is 5.08. The van der Waals surface area contributed by atoms with Gasteiger partial charge in [-0.1, -0.05) is 34.1 Å². The van der Waals surface area contributed by atoms with E-state index in [-0.39, 0.29) is 5.28 Å². The molecule has 0 N–H and O–H groups in total. The molecule has 0 radical (unpaired) electrons. The van der Waals surface area contributed by atoms with Crippen LogP contribution in [0.4, 0.5) is 0 Å². The molecule has 18 heavy (non-hydrogen) atoms. The first-order valence-corrected chi connectivity index (χ1v) is 7.32. The Kier molecular flexibility index (Phi) is 3.09. The van der Waals surface area contributed by atoms with E-state index in [4.69, 9.17) is 11.6 Å². The van der Waals surface area contributed by atoms with Crippen molar-refractivity contribution in [2.45, 2.75) is 6.92 Å². The molecule has 0 aliphatic heterocycles. The lowest BCUT2D eigenvalue weighted by Gasteiger charge is -2.05. The summed E-state index contributed by atoms with van der Waals surface area (Å²) in [6, 6.07) is 10.1. The van der Waals surface area contributed by atoms with Crippen LogP contribution in [0.2, 0.25) is 5.28 Å². The standard InChI is InChI=1S/C13H8BrClN2S/c1-7-6-9-11(8-4-2-3-5-10(8)14)16-13(15)17-12(9)18-7/h2-6H,1H3. The lowest BCUT2D eigenvalue weighted by Crippen LogP contribution is -1.89. The summed E-state index contributed by atoms with van der Waals surface area (Å²) in [5.41, 5.74) is 1.91. The number of aryl methyl sites for hydroxylation is 1. The zero-order valence-electron chi connectivity index (χ0n) is 9.45. The van der Waals surface area contributed by atoms with E-state index < -0.39 is 0 Å². The van der Waals surface area contributed by atoms with Gasteiger partial charge in [0.1, 0.15) is 4.83 Å². The molecule has 2 aromatic heterocycles. The van der Waals surface area contributed by atoms with E-state index in [1.165, 1.54) is 4.88 Å². The Hall–Kier alpha value is -0.970. The van der Waals surface area contributed by atoms with Crippen LogP contribution in [0.1, 0.15) is 4.88 Å². The zero-order valence-corrected chi connectivity index (χ0v) is 12.6. The van der Waals surface area contributed by atoms with Crippen LogP contribution in [0.15, 0.2) is 34.8 Å². The molecule has 5 heteroatoms. The zero-order chi connectivity index (χ0) is 12.7. The monoisotopic (exact) mass is 338 g/mol. The third kappa shape index (κ3) is 2.05. The van der Waals surface area contributed by atoms with Gasteiger partial charge in [-0.05, 0) is 30.7 Å². The molecule has 0 unspecified atom stereocenters. The number of rotatable bonds is 1. The maximum Gasteiger partial charge on any atom is 0.224 e. The Morgan fingerprint density at radius 3 is 2.78 bits per heavy atom. The van der Waals surface area contributed by atoms with E-state index in [1.54, 1.807) is 11.3 Å². The highest BCUT2D eigenvalue weighted by Crippen LogP contribution is 2.35. The van der Waals surface area contributed by atoms with Crippen LogP contribution in [-0.4, -0.2) is 9.97 Å². The van der Waals surface area contributed by atoms with Crippen molar-refractivity contribution in [3.05, 3.63) is 45.0 Å². The number of benzene rings is 1. The number of fused-ring (bicyclic) bond motifs is 1. The molecule has 3 rings (SSSR count). The van der Waals surface area contributed by atoms with Gasteiger partial charge < -0.3 is 0 Å². The van der Waals surface area contributed by atoms with Crippen molar-refractivity contribution in [1.82, 2.24) is 9.97 Å². The second-order valence-electron chi connectivity index (χ2n) is 3.90. The Morgan fingerprint density at radius 1 is 1.22 bits per heavy atom. The van der Waals surface area contributed by atoms with Crippen LogP contribution in [0.3, 0.4) is 0 Å². The largest absolute Gasteiger partial charge is 0.224 e. The molecule has 2 heterocycles. The summed E-state index contributed by atoms with van der Waals surface area (Å²) in [4.78, 5) is 10.8. The van der Waals surface area contributed by atoms with Gasteiger partial charge in [0.25, 0.3) is 0 Å². The van der Waals surface area contributed by atoms with Gasteiger partial charge >= 0.3 is 0 Å². The summed E-state index contributed by atoms with van der Waals surface area (Å²) < 4.78 is 1.00. The molecule has 0 spiro atoms. The summed E-state index contributed by atoms with van der Waals surface area (Å²) in [5, 5.41) is 1.34. The molecule has 0 aliphatic rings. The highest BCUT2D eigenvalue weighted by Gasteiger charge is 2.13. The second-order valence-corrected chi connectivity index (χ2v) is 6.32. The SMILES string of the molecule is Cc1cc2c(-c3ccccc3Br)nc(Cl)nc2s1. The molecule has 0 saturated carbocycles. The number of nitrogens with zero attached hydrogens (tertiary/aromatic N) is 2. The Bertz CT molecular complexity index is 739. The van der Waals surface area contributed by atoms with Gasteiger partial charge in [-0.2, -0.15) is 0 Å². The molecule has 0 fully saturated rings.